The highest BCUT2D eigenvalue weighted by Crippen LogP contribution is 2.35. The van der Waals surface area contributed by atoms with Crippen molar-refractivity contribution in [3.8, 4) is 10.6 Å². The quantitative estimate of drug-likeness (QED) is 0.719. The first-order valence-electron chi connectivity index (χ1n) is 8.54. The average molecular weight is 399 g/mol. The molecule has 0 saturated carbocycles. The second-order valence-electron chi connectivity index (χ2n) is 6.30. The molecule has 1 unspecified atom stereocenters. The SMILES string of the molecule is CCOC(=O)C1CCCN(S(=O)(=O)c2ccc(-c3onc(C)c3C)s2)C1. The third kappa shape index (κ3) is 3.56. The van der Waals surface area contributed by atoms with Crippen molar-refractivity contribution in [2.24, 2.45) is 5.92 Å². The fraction of sp³-hybridized carbons (Fsp3) is 0.529. The molecule has 0 amide bonds. The number of carbonyl (C=O) groups is 1. The first-order chi connectivity index (χ1) is 12.3. The van der Waals surface area contributed by atoms with Crippen LogP contribution in [0.1, 0.15) is 31.0 Å². The molecular weight excluding hydrogens is 376 g/mol. The van der Waals surface area contributed by atoms with Gasteiger partial charge in [0.25, 0.3) is 10.0 Å². The van der Waals surface area contributed by atoms with Gasteiger partial charge in [-0.3, -0.25) is 4.79 Å². The number of esters is 1. The Kier molecular flexibility index (Phi) is 5.50. The van der Waals surface area contributed by atoms with E-state index in [2.05, 4.69) is 5.16 Å². The number of aromatic nitrogens is 1. The van der Waals surface area contributed by atoms with Gasteiger partial charge in [-0.25, -0.2) is 8.42 Å². The Morgan fingerprint density at radius 2 is 2.19 bits per heavy atom. The van der Waals surface area contributed by atoms with Crippen molar-refractivity contribution in [3.63, 3.8) is 0 Å². The van der Waals surface area contributed by atoms with Crippen molar-refractivity contribution in [1.82, 2.24) is 9.46 Å². The maximum absolute atomic E-state index is 13.0. The molecule has 26 heavy (non-hydrogen) atoms. The van der Waals surface area contributed by atoms with Crippen LogP contribution in [0.5, 0.6) is 0 Å². The summed E-state index contributed by atoms with van der Waals surface area (Å²) < 4.78 is 38.0. The number of hydrogen-bond acceptors (Lipinski definition) is 7. The molecule has 1 fully saturated rings. The highest BCUT2D eigenvalue weighted by molar-refractivity contribution is 7.91. The molecular formula is C17H22N2O5S2. The number of aryl methyl sites for hydroxylation is 1. The van der Waals surface area contributed by atoms with E-state index in [1.165, 1.54) is 4.31 Å². The number of carbonyl (C=O) groups excluding carboxylic acids is 1. The molecule has 1 aliphatic rings. The van der Waals surface area contributed by atoms with Crippen LogP contribution in [-0.4, -0.2) is 43.5 Å². The molecule has 0 spiro atoms. The number of piperidine rings is 1. The summed E-state index contributed by atoms with van der Waals surface area (Å²) in [6, 6.07) is 3.32. The number of sulfonamides is 1. The number of nitrogens with zero attached hydrogens (tertiary/aromatic N) is 2. The molecule has 9 heteroatoms. The lowest BCUT2D eigenvalue weighted by Gasteiger charge is -2.30. The van der Waals surface area contributed by atoms with E-state index in [1.807, 2.05) is 13.8 Å². The van der Waals surface area contributed by atoms with Crippen LogP contribution >= 0.6 is 11.3 Å². The van der Waals surface area contributed by atoms with Crippen molar-refractivity contribution in [3.05, 3.63) is 23.4 Å². The molecule has 142 valence electrons. The fourth-order valence-electron chi connectivity index (χ4n) is 2.97. The summed E-state index contributed by atoms with van der Waals surface area (Å²) in [6.07, 6.45) is 1.29. The monoisotopic (exact) mass is 398 g/mol. The lowest BCUT2D eigenvalue weighted by Crippen LogP contribution is -2.42. The summed E-state index contributed by atoms with van der Waals surface area (Å²) >= 11 is 1.15. The van der Waals surface area contributed by atoms with Crippen molar-refractivity contribution in [2.45, 2.75) is 37.8 Å². The largest absolute Gasteiger partial charge is 0.466 e. The van der Waals surface area contributed by atoms with Gasteiger partial charge < -0.3 is 9.26 Å². The standard InChI is InChI=1S/C17H22N2O5S2/c1-4-23-17(20)13-6-5-9-19(10-13)26(21,22)15-8-7-14(25-15)16-11(2)12(3)18-24-16/h7-8,13H,4-6,9-10H2,1-3H3. The van der Waals surface area contributed by atoms with Gasteiger partial charge in [-0.15, -0.1) is 11.3 Å². The Hall–Kier alpha value is -1.71. The maximum atomic E-state index is 13.0. The Balaban J connectivity index is 1.82. The van der Waals surface area contributed by atoms with E-state index in [0.717, 1.165) is 27.5 Å². The van der Waals surface area contributed by atoms with E-state index in [1.54, 1.807) is 19.1 Å². The summed E-state index contributed by atoms with van der Waals surface area (Å²) in [5.74, 6) is -0.138. The van der Waals surface area contributed by atoms with Crippen LogP contribution < -0.4 is 0 Å². The Labute approximate surface area is 157 Å². The molecule has 0 N–H and O–H groups in total. The van der Waals surface area contributed by atoms with Crippen molar-refractivity contribution >= 4 is 27.3 Å². The average Bonchev–Trinajstić information content (AvgIpc) is 3.23. The summed E-state index contributed by atoms with van der Waals surface area (Å²) in [5, 5.41) is 3.92. The van der Waals surface area contributed by atoms with Crippen molar-refractivity contribution < 1.29 is 22.5 Å². The number of hydrogen-bond donors (Lipinski definition) is 0. The van der Waals surface area contributed by atoms with E-state index >= 15 is 0 Å². The first kappa shape index (κ1) is 19.1. The minimum Gasteiger partial charge on any atom is -0.466 e. The van der Waals surface area contributed by atoms with Gasteiger partial charge in [-0.1, -0.05) is 5.16 Å². The van der Waals surface area contributed by atoms with Crippen LogP contribution in [-0.2, 0) is 19.6 Å². The van der Waals surface area contributed by atoms with Gasteiger partial charge in [0.1, 0.15) is 4.21 Å². The van der Waals surface area contributed by atoms with E-state index < -0.39 is 15.9 Å². The lowest BCUT2D eigenvalue weighted by molar-refractivity contribution is -0.149. The topological polar surface area (TPSA) is 89.7 Å². The zero-order valence-corrected chi connectivity index (χ0v) is 16.7. The molecule has 0 aliphatic carbocycles. The summed E-state index contributed by atoms with van der Waals surface area (Å²) in [7, 11) is -3.65. The van der Waals surface area contributed by atoms with Gasteiger partial charge in [0, 0.05) is 18.7 Å². The van der Waals surface area contributed by atoms with Gasteiger partial charge in [0.05, 0.1) is 23.1 Å². The lowest BCUT2D eigenvalue weighted by atomic mass is 10.0. The predicted octanol–water partition coefficient (Wildman–Crippen LogP) is 2.98. The third-order valence-electron chi connectivity index (χ3n) is 4.56. The molecule has 1 atom stereocenters. The molecule has 2 aromatic heterocycles. The van der Waals surface area contributed by atoms with Gasteiger partial charge in [0.2, 0.25) is 0 Å². The van der Waals surface area contributed by atoms with Crippen LogP contribution in [0.15, 0.2) is 20.9 Å². The van der Waals surface area contributed by atoms with E-state index in [4.69, 9.17) is 9.26 Å². The molecule has 1 saturated heterocycles. The molecule has 3 heterocycles. The van der Waals surface area contributed by atoms with Gasteiger partial charge in [-0.05, 0) is 45.7 Å². The summed E-state index contributed by atoms with van der Waals surface area (Å²) in [4.78, 5) is 12.7. The van der Waals surface area contributed by atoms with Gasteiger partial charge in [-0.2, -0.15) is 4.31 Å². The Bertz CT molecular complexity index is 900. The smallest absolute Gasteiger partial charge is 0.310 e. The van der Waals surface area contributed by atoms with Crippen molar-refractivity contribution in [1.29, 1.82) is 0 Å². The maximum Gasteiger partial charge on any atom is 0.310 e. The zero-order chi connectivity index (χ0) is 18.9. The van der Waals surface area contributed by atoms with Crippen LogP contribution in [0.2, 0.25) is 0 Å². The third-order valence-corrected chi connectivity index (χ3v) is 7.98. The molecule has 7 nitrogen and oxygen atoms in total. The second-order valence-corrected chi connectivity index (χ2v) is 9.54. The van der Waals surface area contributed by atoms with Crippen LogP contribution in [0.25, 0.3) is 10.6 Å². The Morgan fingerprint density at radius 3 is 2.85 bits per heavy atom. The highest BCUT2D eigenvalue weighted by atomic mass is 32.2. The summed E-state index contributed by atoms with van der Waals surface area (Å²) in [5.41, 5.74) is 1.68. The van der Waals surface area contributed by atoms with Gasteiger partial charge in [0.15, 0.2) is 5.76 Å². The molecule has 2 aromatic rings. The molecule has 0 radical (unpaired) electrons. The van der Waals surface area contributed by atoms with Crippen LogP contribution in [0.3, 0.4) is 0 Å². The molecule has 1 aliphatic heterocycles. The molecule has 0 aromatic carbocycles. The summed E-state index contributed by atoms with van der Waals surface area (Å²) in [6.45, 7) is 6.35. The van der Waals surface area contributed by atoms with E-state index in [9.17, 15) is 13.2 Å². The number of ether oxygens (including phenoxy) is 1. The number of rotatable bonds is 5. The predicted molar refractivity (Wildman–Crippen MR) is 97.4 cm³/mol. The van der Waals surface area contributed by atoms with E-state index in [0.29, 0.717) is 31.8 Å². The van der Waals surface area contributed by atoms with Crippen LogP contribution in [0.4, 0.5) is 0 Å². The van der Waals surface area contributed by atoms with Gasteiger partial charge >= 0.3 is 5.97 Å². The zero-order valence-electron chi connectivity index (χ0n) is 15.0. The highest BCUT2D eigenvalue weighted by Gasteiger charge is 2.35. The van der Waals surface area contributed by atoms with Crippen molar-refractivity contribution in [2.75, 3.05) is 19.7 Å². The first-order valence-corrected chi connectivity index (χ1v) is 10.8. The van der Waals surface area contributed by atoms with Crippen LogP contribution in [0, 0.1) is 19.8 Å². The Morgan fingerprint density at radius 1 is 1.42 bits per heavy atom. The minimum atomic E-state index is -3.65. The minimum absolute atomic E-state index is 0.162. The molecule has 0 bridgehead atoms. The molecule has 3 rings (SSSR count). The number of thiophene rings is 1. The normalized spacial score (nSPS) is 18.8. The van der Waals surface area contributed by atoms with E-state index in [-0.39, 0.29) is 16.7 Å². The second kappa shape index (κ2) is 7.50. The fourth-order valence-corrected chi connectivity index (χ4v) is 5.99.